The molecule has 2 N–H and O–H groups in total. The van der Waals surface area contributed by atoms with Crippen molar-refractivity contribution < 1.29 is 9.53 Å². The smallest absolute Gasteiger partial charge is 0.227 e. The second-order valence-electron chi connectivity index (χ2n) is 8.82. The quantitative estimate of drug-likeness (QED) is 0.467. The van der Waals surface area contributed by atoms with Gasteiger partial charge >= 0.3 is 0 Å². The third-order valence-corrected chi connectivity index (χ3v) is 5.90. The van der Waals surface area contributed by atoms with Gasteiger partial charge in [0.05, 0.1) is 19.8 Å². The molecular formula is C24H39N5O2. The number of ether oxygens (including phenoxy) is 1. The Bertz CT molecular complexity index is 713. The predicted octanol–water partition coefficient (Wildman–Crippen LogP) is 2.62. The van der Waals surface area contributed by atoms with Crippen LogP contribution in [0.25, 0.3) is 0 Å². The Labute approximate surface area is 187 Å². The Kier molecular flexibility index (Phi) is 9.15. The number of aliphatic imine (C=N–C) groups is 1. The molecule has 7 heteroatoms. The van der Waals surface area contributed by atoms with E-state index < -0.39 is 0 Å². The number of rotatable bonds is 9. The van der Waals surface area contributed by atoms with Crippen LogP contribution in [0.4, 0.5) is 5.69 Å². The van der Waals surface area contributed by atoms with E-state index in [1.807, 2.05) is 17.0 Å². The van der Waals surface area contributed by atoms with Crippen LogP contribution in [0.1, 0.15) is 45.6 Å². The van der Waals surface area contributed by atoms with Crippen molar-refractivity contribution >= 4 is 17.6 Å². The molecule has 7 nitrogen and oxygen atoms in total. The van der Waals surface area contributed by atoms with Crippen LogP contribution < -0.4 is 15.5 Å². The van der Waals surface area contributed by atoms with Gasteiger partial charge in [-0.25, -0.2) is 4.99 Å². The molecule has 0 saturated carbocycles. The number of morpholine rings is 1. The number of nitrogens with zero attached hydrogens (tertiary/aromatic N) is 3. The molecule has 2 fully saturated rings. The molecule has 2 saturated heterocycles. The maximum absolute atomic E-state index is 11.9. The Morgan fingerprint density at radius 2 is 1.87 bits per heavy atom. The fraction of sp³-hybridized carbons (Fsp3) is 0.667. The SMILES string of the molecule is CCNC(=NCc1ccc(N2CCCC2=O)cc1)NCC(CC(C)C)N1CCOCC1. The average molecular weight is 430 g/mol. The topological polar surface area (TPSA) is 69.2 Å². The standard InChI is InChI=1S/C24H39N5O2/c1-4-25-24(27-18-22(16-19(2)3)28-12-14-31-15-13-28)26-17-20-7-9-21(10-8-20)29-11-5-6-23(29)30/h7-10,19,22H,4-6,11-18H2,1-3H3,(H2,25,26,27). The highest BCUT2D eigenvalue weighted by molar-refractivity contribution is 5.95. The Hall–Kier alpha value is -2.12. The van der Waals surface area contributed by atoms with Crippen LogP contribution in [0.15, 0.2) is 29.3 Å². The summed E-state index contributed by atoms with van der Waals surface area (Å²) in [6.45, 7) is 13.4. The molecule has 0 bridgehead atoms. The summed E-state index contributed by atoms with van der Waals surface area (Å²) in [7, 11) is 0. The van der Waals surface area contributed by atoms with Crippen molar-refractivity contribution in [2.45, 2.75) is 52.6 Å². The number of nitrogens with one attached hydrogen (secondary N) is 2. The third kappa shape index (κ3) is 7.21. The van der Waals surface area contributed by atoms with Crippen molar-refractivity contribution in [1.29, 1.82) is 0 Å². The van der Waals surface area contributed by atoms with Crippen LogP contribution in [-0.2, 0) is 16.1 Å². The van der Waals surface area contributed by atoms with Gasteiger partial charge in [0.2, 0.25) is 5.91 Å². The minimum atomic E-state index is 0.223. The lowest BCUT2D eigenvalue weighted by molar-refractivity contribution is -0.117. The summed E-state index contributed by atoms with van der Waals surface area (Å²) in [6, 6.07) is 8.69. The largest absolute Gasteiger partial charge is 0.379 e. The van der Waals surface area contributed by atoms with Crippen molar-refractivity contribution in [2.24, 2.45) is 10.9 Å². The molecule has 1 aromatic carbocycles. The normalized spacial score (nSPS) is 19.2. The lowest BCUT2D eigenvalue weighted by Crippen LogP contribution is -2.51. The van der Waals surface area contributed by atoms with E-state index in [1.54, 1.807) is 0 Å². The van der Waals surface area contributed by atoms with Gasteiger partial charge in [0, 0.05) is 50.9 Å². The van der Waals surface area contributed by atoms with Crippen molar-refractivity contribution in [3.8, 4) is 0 Å². The minimum Gasteiger partial charge on any atom is -0.379 e. The van der Waals surface area contributed by atoms with Crippen LogP contribution >= 0.6 is 0 Å². The molecule has 1 aromatic rings. The molecule has 31 heavy (non-hydrogen) atoms. The fourth-order valence-corrected chi connectivity index (χ4v) is 4.28. The van der Waals surface area contributed by atoms with Crippen molar-refractivity contribution in [3.63, 3.8) is 0 Å². The van der Waals surface area contributed by atoms with Gasteiger partial charge in [0.1, 0.15) is 0 Å². The zero-order valence-electron chi connectivity index (χ0n) is 19.4. The molecule has 2 heterocycles. The number of benzene rings is 1. The van der Waals surface area contributed by atoms with E-state index in [4.69, 9.17) is 9.73 Å². The molecule has 2 aliphatic heterocycles. The summed E-state index contributed by atoms with van der Waals surface area (Å²) in [5.41, 5.74) is 2.13. The molecule has 1 atom stereocenters. The zero-order valence-corrected chi connectivity index (χ0v) is 19.4. The predicted molar refractivity (Wildman–Crippen MR) is 126 cm³/mol. The van der Waals surface area contributed by atoms with Gasteiger partial charge in [-0.1, -0.05) is 26.0 Å². The summed E-state index contributed by atoms with van der Waals surface area (Å²) in [5, 5.41) is 6.93. The first-order valence-corrected chi connectivity index (χ1v) is 11.8. The molecule has 0 radical (unpaired) electrons. The average Bonchev–Trinajstić information content (AvgIpc) is 3.21. The molecule has 2 aliphatic rings. The van der Waals surface area contributed by atoms with E-state index in [9.17, 15) is 4.79 Å². The van der Waals surface area contributed by atoms with E-state index in [1.165, 1.54) is 0 Å². The molecular weight excluding hydrogens is 390 g/mol. The number of hydrogen-bond acceptors (Lipinski definition) is 4. The summed E-state index contributed by atoms with van der Waals surface area (Å²) < 4.78 is 5.53. The third-order valence-electron chi connectivity index (χ3n) is 5.90. The number of hydrogen-bond donors (Lipinski definition) is 2. The second-order valence-corrected chi connectivity index (χ2v) is 8.82. The Morgan fingerprint density at radius 1 is 1.13 bits per heavy atom. The van der Waals surface area contributed by atoms with Crippen molar-refractivity contribution in [3.05, 3.63) is 29.8 Å². The second kappa shape index (κ2) is 12.1. The molecule has 0 spiro atoms. The maximum Gasteiger partial charge on any atom is 0.227 e. The van der Waals surface area contributed by atoms with Gasteiger partial charge in [-0.05, 0) is 43.4 Å². The van der Waals surface area contributed by atoms with Crippen molar-refractivity contribution in [2.75, 3.05) is 50.8 Å². The number of carbonyl (C=O) groups excluding carboxylic acids is 1. The summed E-state index contributed by atoms with van der Waals surface area (Å²) >= 11 is 0. The fourth-order valence-electron chi connectivity index (χ4n) is 4.28. The van der Waals surface area contributed by atoms with Gasteiger partial charge < -0.3 is 20.3 Å². The Morgan fingerprint density at radius 3 is 2.48 bits per heavy atom. The van der Waals surface area contributed by atoms with Crippen LogP contribution in [0.5, 0.6) is 0 Å². The van der Waals surface area contributed by atoms with E-state index in [0.29, 0.717) is 24.9 Å². The minimum absolute atomic E-state index is 0.223. The summed E-state index contributed by atoms with van der Waals surface area (Å²) in [6.07, 6.45) is 2.76. The summed E-state index contributed by atoms with van der Waals surface area (Å²) in [5.74, 6) is 1.72. The van der Waals surface area contributed by atoms with E-state index in [0.717, 1.165) is 76.0 Å². The first-order valence-electron chi connectivity index (χ1n) is 11.8. The van der Waals surface area contributed by atoms with Crippen LogP contribution in [-0.4, -0.2) is 68.7 Å². The highest BCUT2D eigenvalue weighted by Crippen LogP contribution is 2.21. The highest BCUT2D eigenvalue weighted by atomic mass is 16.5. The molecule has 3 rings (SSSR count). The van der Waals surface area contributed by atoms with Crippen LogP contribution in [0.3, 0.4) is 0 Å². The monoisotopic (exact) mass is 429 g/mol. The lowest BCUT2D eigenvalue weighted by Gasteiger charge is -2.35. The van der Waals surface area contributed by atoms with Crippen LogP contribution in [0.2, 0.25) is 0 Å². The molecule has 0 aliphatic carbocycles. The number of carbonyl (C=O) groups is 1. The molecule has 1 unspecified atom stereocenters. The molecule has 172 valence electrons. The first-order chi connectivity index (χ1) is 15.1. The van der Waals surface area contributed by atoms with Gasteiger partial charge in [0.15, 0.2) is 5.96 Å². The van der Waals surface area contributed by atoms with Gasteiger partial charge in [-0.3, -0.25) is 9.69 Å². The first kappa shape index (κ1) is 23.5. The van der Waals surface area contributed by atoms with E-state index >= 15 is 0 Å². The zero-order chi connectivity index (χ0) is 22.1. The van der Waals surface area contributed by atoms with Crippen molar-refractivity contribution in [1.82, 2.24) is 15.5 Å². The van der Waals surface area contributed by atoms with E-state index in [-0.39, 0.29) is 5.91 Å². The van der Waals surface area contributed by atoms with Gasteiger partial charge in [0.25, 0.3) is 0 Å². The molecule has 0 aromatic heterocycles. The lowest BCUT2D eigenvalue weighted by atomic mass is 10.0. The number of anilines is 1. The van der Waals surface area contributed by atoms with Gasteiger partial charge in [-0.2, -0.15) is 0 Å². The number of guanidine groups is 1. The Balaban J connectivity index is 1.57. The maximum atomic E-state index is 11.9. The highest BCUT2D eigenvalue weighted by Gasteiger charge is 2.23. The number of amides is 1. The summed E-state index contributed by atoms with van der Waals surface area (Å²) in [4.78, 5) is 21.1. The van der Waals surface area contributed by atoms with Crippen LogP contribution in [0, 0.1) is 5.92 Å². The van der Waals surface area contributed by atoms with E-state index in [2.05, 4.69) is 48.4 Å². The van der Waals surface area contributed by atoms with Gasteiger partial charge in [-0.15, -0.1) is 0 Å². The molecule has 1 amide bonds.